The maximum absolute atomic E-state index is 5.62. The summed E-state index contributed by atoms with van der Waals surface area (Å²) in [4.78, 5) is 6.66. The Morgan fingerprint density at radius 1 is 1.67 bits per heavy atom. The maximum Gasteiger partial charge on any atom is 0.124 e. The van der Waals surface area contributed by atoms with Gasteiger partial charge in [-0.15, -0.1) is 0 Å². The van der Waals surface area contributed by atoms with E-state index in [0.717, 1.165) is 18.0 Å². The van der Waals surface area contributed by atoms with E-state index in [1.54, 1.807) is 6.20 Å². The molecule has 0 fully saturated rings. The Morgan fingerprint density at radius 3 is 3.00 bits per heavy atom. The van der Waals surface area contributed by atoms with Crippen molar-refractivity contribution in [2.45, 2.75) is 0 Å². The molecule has 0 spiro atoms. The highest BCUT2D eigenvalue weighted by Crippen LogP contribution is 2.16. The molecule has 1 rings (SSSR count). The molecule has 0 aromatic carbocycles. The summed E-state index contributed by atoms with van der Waals surface area (Å²) in [7, 11) is 2.02. The summed E-state index contributed by atoms with van der Waals surface area (Å²) in [5.41, 5.74) is 7.32. The molecule has 1 aromatic rings. The molecular weight excluding hydrogens is 226 g/mol. The molecule has 3 nitrogen and oxygen atoms in total. The quantitative estimate of drug-likeness (QED) is 0.792. The Labute approximate surface area is 100 Å². The average Bonchev–Trinajstić information content (AvgIpc) is 2.25. The number of nitrogens with zero attached hydrogens (tertiary/aromatic N) is 2. The van der Waals surface area contributed by atoms with Gasteiger partial charge in [0.05, 0.1) is 5.69 Å². The lowest BCUT2D eigenvalue weighted by Crippen LogP contribution is -2.24. The zero-order chi connectivity index (χ0) is 11.3. The summed E-state index contributed by atoms with van der Waals surface area (Å²) >= 11 is 6.78. The van der Waals surface area contributed by atoms with Gasteiger partial charge in [0.15, 0.2) is 0 Å². The van der Waals surface area contributed by atoms with Crippen LogP contribution in [0.2, 0.25) is 0 Å². The predicted molar refractivity (Wildman–Crippen MR) is 71.8 cm³/mol. The van der Waals surface area contributed by atoms with E-state index in [1.165, 1.54) is 0 Å². The van der Waals surface area contributed by atoms with E-state index < -0.39 is 0 Å². The Morgan fingerprint density at radius 2 is 2.40 bits per heavy atom. The number of thioether (sulfide) groups is 1. The monoisotopic (exact) mass is 241 g/mol. The van der Waals surface area contributed by atoms with E-state index in [2.05, 4.69) is 16.1 Å². The Balaban J connectivity index is 2.87. The van der Waals surface area contributed by atoms with Crippen molar-refractivity contribution < 1.29 is 0 Å². The minimum absolute atomic E-state index is 0.349. The van der Waals surface area contributed by atoms with Gasteiger partial charge in [-0.05, 0) is 18.4 Å². The lowest BCUT2D eigenvalue weighted by Gasteiger charge is -2.20. The molecule has 0 bridgehead atoms. The average molecular weight is 241 g/mol. The van der Waals surface area contributed by atoms with Crippen LogP contribution in [-0.4, -0.2) is 35.6 Å². The molecule has 82 valence electrons. The highest BCUT2D eigenvalue weighted by molar-refractivity contribution is 7.98. The molecule has 1 heterocycles. The largest absolute Gasteiger partial charge is 0.388 e. The number of pyridine rings is 1. The summed E-state index contributed by atoms with van der Waals surface area (Å²) in [6.07, 6.45) is 3.80. The number of nitrogens with two attached hydrogens (primary N) is 1. The minimum atomic E-state index is 0.349. The van der Waals surface area contributed by atoms with Gasteiger partial charge in [0.2, 0.25) is 0 Å². The topological polar surface area (TPSA) is 42.2 Å². The van der Waals surface area contributed by atoms with Crippen molar-refractivity contribution in [3.05, 3.63) is 24.0 Å². The Hall–Kier alpha value is -0.810. The van der Waals surface area contributed by atoms with Crippen LogP contribution in [0.4, 0.5) is 5.69 Å². The van der Waals surface area contributed by atoms with E-state index in [-0.39, 0.29) is 0 Å². The fraction of sp³-hybridized carbons (Fsp3) is 0.400. The molecule has 0 saturated heterocycles. The van der Waals surface area contributed by atoms with Gasteiger partial charge in [-0.2, -0.15) is 11.8 Å². The Kier molecular flexibility index (Phi) is 4.84. The normalized spacial score (nSPS) is 10.0. The van der Waals surface area contributed by atoms with Crippen LogP contribution in [0, 0.1) is 0 Å². The molecule has 0 aliphatic carbocycles. The molecule has 15 heavy (non-hydrogen) atoms. The van der Waals surface area contributed by atoms with Crippen LogP contribution in [-0.2, 0) is 0 Å². The van der Waals surface area contributed by atoms with Crippen LogP contribution in [0.15, 0.2) is 18.3 Å². The lowest BCUT2D eigenvalue weighted by molar-refractivity contribution is 0.968. The van der Waals surface area contributed by atoms with Crippen molar-refractivity contribution in [2.75, 3.05) is 30.5 Å². The van der Waals surface area contributed by atoms with Crippen molar-refractivity contribution in [2.24, 2.45) is 5.73 Å². The predicted octanol–water partition coefficient (Wildman–Crippen LogP) is 1.52. The number of aromatic nitrogens is 1. The second-order valence-electron chi connectivity index (χ2n) is 3.15. The van der Waals surface area contributed by atoms with Crippen LogP contribution in [0.25, 0.3) is 0 Å². The van der Waals surface area contributed by atoms with Crippen LogP contribution in [0.5, 0.6) is 0 Å². The third kappa shape index (κ3) is 3.35. The van der Waals surface area contributed by atoms with Crippen molar-refractivity contribution in [3.63, 3.8) is 0 Å². The minimum Gasteiger partial charge on any atom is -0.388 e. The fourth-order valence-electron chi connectivity index (χ4n) is 1.24. The summed E-state index contributed by atoms with van der Waals surface area (Å²) in [5, 5.41) is 0. The first-order valence-corrected chi connectivity index (χ1v) is 6.42. The first-order chi connectivity index (χ1) is 7.16. The number of thiocarbonyl (C=S) groups is 1. The van der Waals surface area contributed by atoms with Crippen molar-refractivity contribution >= 4 is 34.7 Å². The summed E-state index contributed by atoms with van der Waals surface area (Å²) in [6.45, 7) is 0.961. The van der Waals surface area contributed by atoms with Crippen molar-refractivity contribution in [3.8, 4) is 0 Å². The van der Waals surface area contributed by atoms with Gasteiger partial charge in [0.25, 0.3) is 0 Å². The molecule has 5 heteroatoms. The molecule has 0 radical (unpaired) electrons. The lowest BCUT2D eigenvalue weighted by atomic mass is 10.2. The number of rotatable bonds is 5. The van der Waals surface area contributed by atoms with E-state index in [9.17, 15) is 0 Å². The molecule has 1 aromatic heterocycles. The molecule has 0 atom stereocenters. The van der Waals surface area contributed by atoms with Crippen LogP contribution in [0.3, 0.4) is 0 Å². The molecular formula is C10H15N3S2. The summed E-state index contributed by atoms with van der Waals surface area (Å²) in [5.74, 6) is 1.07. The van der Waals surface area contributed by atoms with Gasteiger partial charge in [-0.1, -0.05) is 12.2 Å². The Bertz CT molecular complexity index is 341. The fourth-order valence-corrected chi connectivity index (χ4v) is 1.86. The zero-order valence-corrected chi connectivity index (χ0v) is 10.6. The van der Waals surface area contributed by atoms with Gasteiger partial charge < -0.3 is 10.6 Å². The van der Waals surface area contributed by atoms with Crippen LogP contribution < -0.4 is 10.6 Å². The standard InChI is InChI=1S/C10H15N3S2/c1-13(6-7-15-2)8-4-3-5-12-9(8)10(11)14/h3-5H,6-7H2,1-2H3,(H2,11,14). The van der Waals surface area contributed by atoms with E-state index in [0.29, 0.717) is 10.7 Å². The van der Waals surface area contributed by atoms with E-state index in [1.807, 2.05) is 30.9 Å². The van der Waals surface area contributed by atoms with E-state index in [4.69, 9.17) is 18.0 Å². The molecule has 0 amide bonds. The van der Waals surface area contributed by atoms with Gasteiger partial charge in [0.1, 0.15) is 10.7 Å². The van der Waals surface area contributed by atoms with Crippen molar-refractivity contribution in [1.82, 2.24) is 4.98 Å². The smallest absolute Gasteiger partial charge is 0.124 e. The first-order valence-electron chi connectivity index (χ1n) is 4.61. The number of anilines is 1. The van der Waals surface area contributed by atoms with Crippen LogP contribution in [0.1, 0.15) is 5.69 Å². The van der Waals surface area contributed by atoms with E-state index >= 15 is 0 Å². The first kappa shape index (κ1) is 12.3. The highest BCUT2D eigenvalue weighted by Gasteiger charge is 2.09. The zero-order valence-electron chi connectivity index (χ0n) is 8.93. The summed E-state index contributed by atoms with van der Waals surface area (Å²) < 4.78 is 0. The third-order valence-corrected chi connectivity index (χ3v) is 2.85. The van der Waals surface area contributed by atoms with Gasteiger partial charge >= 0.3 is 0 Å². The molecule has 0 saturated carbocycles. The van der Waals surface area contributed by atoms with Crippen LogP contribution >= 0.6 is 24.0 Å². The molecule has 0 aliphatic rings. The SMILES string of the molecule is CSCCN(C)c1cccnc1C(N)=S. The van der Waals surface area contributed by atoms with Gasteiger partial charge in [0, 0.05) is 25.5 Å². The second-order valence-corrected chi connectivity index (χ2v) is 4.58. The number of hydrogen-bond acceptors (Lipinski definition) is 4. The van der Waals surface area contributed by atoms with Crippen molar-refractivity contribution in [1.29, 1.82) is 0 Å². The molecule has 0 aliphatic heterocycles. The highest BCUT2D eigenvalue weighted by atomic mass is 32.2. The second kappa shape index (κ2) is 5.92. The maximum atomic E-state index is 5.62. The summed E-state index contributed by atoms with van der Waals surface area (Å²) in [6, 6.07) is 3.88. The van der Waals surface area contributed by atoms with Gasteiger partial charge in [-0.3, -0.25) is 4.98 Å². The number of hydrogen-bond donors (Lipinski definition) is 1. The molecule has 0 unspecified atom stereocenters. The van der Waals surface area contributed by atoms with Gasteiger partial charge in [-0.25, -0.2) is 0 Å². The third-order valence-electron chi connectivity index (χ3n) is 2.06. The molecule has 2 N–H and O–H groups in total.